The van der Waals surface area contributed by atoms with E-state index in [1.165, 1.54) is 24.1 Å². The third-order valence-electron chi connectivity index (χ3n) is 3.26. The van der Waals surface area contributed by atoms with Crippen molar-refractivity contribution in [2.24, 2.45) is 0 Å². The number of aryl methyl sites for hydroxylation is 1. The van der Waals surface area contributed by atoms with Crippen LogP contribution in [-0.4, -0.2) is 16.5 Å². The average Bonchev–Trinajstić information content (AvgIpc) is 2.62. The Morgan fingerprint density at radius 3 is 2.94 bits per heavy atom. The Kier molecular flexibility index (Phi) is 3.28. The number of halogens is 1. The third kappa shape index (κ3) is 2.12. The molecule has 1 aromatic heterocycles. The van der Waals surface area contributed by atoms with Gasteiger partial charge in [0.2, 0.25) is 0 Å². The molecular weight excluding hydrogens is 290 g/mol. The van der Waals surface area contributed by atoms with Crippen LogP contribution in [0.15, 0.2) is 41.3 Å². The zero-order chi connectivity index (χ0) is 12.4. The molecule has 2 heterocycles. The Hall–Kier alpha value is -1.42. The predicted octanol–water partition coefficient (Wildman–Crippen LogP) is 3.71. The first-order chi connectivity index (χ1) is 8.86. The van der Waals surface area contributed by atoms with Crippen LogP contribution in [0.4, 0.5) is 11.5 Å². The van der Waals surface area contributed by atoms with Gasteiger partial charge < -0.3 is 4.90 Å². The Labute approximate surface area is 115 Å². The number of rotatable bonds is 1. The largest absolute Gasteiger partial charge is 0.325 e. The van der Waals surface area contributed by atoms with Gasteiger partial charge in [0.15, 0.2) is 5.82 Å². The van der Waals surface area contributed by atoms with Gasteiger partial charge in [0, 0.05) is 18.4 Å². The van der Waals surface area contributed by atoms with E-state index < -0.39 is 0 Å². The summed E-state index contributed by atoms with van der Waals surface area (Å²) < 4.78 is 0.946. The van der Waals surface area contributed by atoms with Crippen molar-refractivity contribution < 1.29 is 0 Å². The first kappa shape index (κ1) is 11.7. The van der Waals surface area contributed by atoms with Crippen LogP contribution in [0.1, 0.15) is 18.4 Å². The van der Waals surface area contributed by atoms with Crippen molar-refractivity contribution in [1.29, 1.82) is 0 Å². The number of benzene rings is 1. The molecule has 0 atom stereocenters. The molecule has 1 aliphatic heterocycles. The fourth-order valence-electron chi connectivity index (χ4n) is 2.42. The maximum Gasteiger partial charge on any atom is 0.150 e. The van der Waals surface area contributed by atoms with Crippen molar-refractivity contribution in [3.05, 3.63) is 46.8 Å². The topological polar surface area (TPSA) is 29.0 Å². The van der Waals surface area contributed by atoms with Crippen molar-refractivity contribution in [2.75, 3.05) is 11.4 Å². The normalized spacial score (nSPS) is 15.1. The molecule has 1 aliphatic rings. The molecule has 2 aromatic rings. The third-order valence-corrected chi connectivity index (χ3v) is 3.82. The SMILES string of the molecule is Brc1cncnc1N1CCCCc2ccccc21. The average molecular weight is 304 g/mol. The second-order valence-electron chi connectivity index (χ2n) is 4.43. The monoisotopic (exact) mass is 303 g/mol. The van der Waals surface area contributed by atoms with Gasteiger partial charge in [-0.15, -0.1) is 0 Å². The van der Waals surface area contributed by atoms with Crippen LogP contribution < -0.4 is 4.90 Å². The molecule has 0 saturated carbocycles. The minimum atomic E-state index is 0.946. The molecule has 0 aliphatic carbocycles. The lowest BCUT2D eigenvalue weighted by Gasteiger charge is -2.24. The number of nitrogens with zero attached hydrogens (tertiary/aromatic N) is 3. The van der Waals surface area contributed by atoms with Gasteiger partial charge in [0.05, 0.1) is 4.47 Å². The smallest absolute Gasteiger partial charge is 0.150 e. The molecule has 0 unspecified atom stereocenters. The van der Waals surface area contributed by atoms with Crippen molar-refractivity contribution >= 4 is 27.4 Å². The van der Waals surface area contributed by atoms with Gasteiger partial charge in [-0.2, -0.15) is 0 Å². The Bertz CT molecular complexity index is 556. The molecule has 4 heteroatoms. The van der Waals surface area contributed by atoms with Crippen LogP contribution in [-0.2, 0) is 6.42 Å². The van der Waals surface area contributed by atoms with E-state index in [1.54, 1.807) is 12.5 Å². The quantitative estimate of drug-likeness (QED) is 0.804. The van der Waals surface area contributed by atoms with Crippen LogP contribution in [0.5, 0.6) is 0 Å². The first-order valence-electron chi connectivity index (χ1n) is 6.17. The summed E-state index contributed by atoms with van der Waals surface area (Å²) in [5.41, 5.74) is 2.68. The molecule has 0 spiro atoms. The molecule has 92 valence electrons. The number of hydrogen-bond donors (Lipinski definition) is 0. The lowest BCUT2D eigenvalue weighted by Crippen LogP contribution is -2.19. The van der Waals surface area contributed by atoms with E-state index in [2.05, 4.69) is 55.1 Å². The lowest BCUT2D eigenvalue weighted by atomic mass is 10.1. The minimum absolute atomic E-state index is 0.946. The highest BCUT2D eigenvalue weighted by molar-refractivity contribution is 9.10. The van der Waals surface area contributed by atoms with Gasteiger partial charge in [-0.25, -0.2) is 9.97 Å². The van der Waals surface area contributed by atoms with Gasteiger partial charge in [-0.05, 0) is 46.8 Å². The highest BCUT2D eigenvalue weighted by atomic mass is 79.9. The molecule has 1 aromatic carbocycles. The summed E-state index contributed by atoms with van der Waals surface area (Å²) in [6.07, 6.45) is 6.97. The molecule has 0 amide bonds. The van der Waals surface area contributed by atoms with Gasteiger partial charge in [0.1, 0.15) is 6.33 Å². The maximum absolute atomic E-state index is 4.41. The molecule has 0 radical (unpaired) electrons. The predicted molar refractivity (Wildman–Crippen MR) is 76.1 cm³/mol. The van der Waals surface area contributed by atoms with Gasteiger partial charge in [-0.3, -0.25) is 0 Å². The first-order valence-corrected chi connectivity index (χ1v) is 6.96. The van der Waals surface area contributed by atoms with Crippen LogP contribution in [0.2, 0.25) is 0 Å². The number of fused-ring (bicyclic) bond motifs is 1. The van der Waals surface area contributed by atoms with Crippen LogP contribution in [0.25, 0.3) is 0 Å². The highest BCUT2D eigenvalue weighted by Crippen LogP contribution is 2.34. The zero-order valence-corrected chi connectivity index (χ0v) is 11.6. The Morgan fingerprint density at radius 1 is 1.17 bits per heavy atom. The number of anilines is 2. The van der Waals surface area contributed by atoms with E-state index in [1.807, 2.05) is 0 Å². The summed E-state index contributed by atoms with van der Waals surface area (Å²) in [6, 6.07) is 8.58. The molecule has 0 N–H and O–H groups in total. The number of para-hydroxylation sites is 1. The molecule has 0 fully saturated rings. The highest BCUT2D eigenvalue weighted by Gasteiger charge is 2.18. The van der Waals surface area contributed by atoms with E-state index in [0.29, 0.717) is 0 Å². The van der Waals surface area contributed by atoms with Crippen molar-refractivity contribution in [1.82, 2.24) is 9.97 Å². The molecule has 0 bridgehead atoms. The molecular formula is C14H14BrN3. The van der Waals surface area contributed by atoms with E-state index in [9.17, 15) is 0 Å². The van der Waals surface area contributed by atoms with Crippen molar-refractivity contribution in [2.45, 2.75) is 19.3 Å². The summed E-state index contributed by atoms with van der Waals surface area (Å²) in [6.45, 7) is 1.01. The van der Waals surface area contributed by atoms with Gasteiger partial charge in [-0.1, -0.05) is 18.2 Å². The Balaban J connectivity index is 2.10. The summed E-state index contributed by atoms with van der Waals surface area (Å²) in [7, 11) is 0. The molecule has 3 nitrogen and oxygen atoms in total. The van der Waals surface area contributed by atoms with Crippen LogP contribution >= 0.6 is 15.9 Å². The second kappa shape index (κ2) is 5.06. The number of hydrogen-bond acceptors (Lipinski definition) is 3. The Morgan fingerprint density at radius 2 is 2.06 bits per heavy atom. The van der Waals surface area contributed by atoms with E-state index >= 15 is 0 Å². The standard InChI is InChI=1S/C14H14BrN3/c15-12-9-16-10-17-14(12)18-8-4-3-6-11-5-1-2-7-13(11)18/h1-2,5,7,9-10H,3-4,6,8H2. The maximum atomic E-state index is 4.41. The van der Waals surface area contributed by atoms with Crippen LogP contribution in [0, 0.1) is 0 Å². The fraction of sp³-hybridized carbons (Fsp3) is 0.286. The summed E-state index contributed by atoms with van der Waals surface area (Å²) >= 11 is 3.54. The molecule has 18 heavy (non-hydrogen) atoms. The molecule has 3 rings (SSSR count). The van der Waals surface area contributed by atoms with Crippen LogP contribution in [0.3, 0.4) is 0 Å². The summed E-state index contributed by atoms with van der Waals surface area (Å²) in [5.74, 6) is 0.958. The molecule has 0 saturated heterocycles. The lowest BCUT2D eigenvalue weighted by molar-refractivity contribution is 0.756. The second-order valence-corrected chi connectivity index (χ2v) is 5.29. The minimum Gasteiger partial charge on any atom is -0.325 e. The van der Waals surface area contributed by atoms with E-state index in [-0.39, 0.29) is 0 Å². The van der Waals surface area contributed by atoms with Gasteiger partial charge in [0.25, 0.3) is 0 Å². The van der Waals surface area contributed by atoms with Crippen molar-refractivity contribution in [3.8, 4) is 0 Å². The van der Waals surface area contributed by atoms with Gasteiger partial charge >= 0.3 is 0 Å². The summed E-state index contributed by atoms with van der Waals surface area (Å²) in [4.78, 5) is 10.7. The van der Waals surface area contributed by atoms with E-state index in [4.69, 9.17) is 0 Å². The summed E-state index contributed by atoms with van der Waals surface area (Å²) in [5, 5.41) is 0. The zero-order valence-electron chi connectivity index (χ0n) is 10.0. The van der Waals surface area contributed by atoms with Crippen molar-refractivity contribution in [3.63, 3.8) is 0 Å². The fourth-order valence-corrected chi connectivity index (χ4v) is 2.85. The van der Waals surface area contributed by atoms with E-state index in [0.717, 1.165) is 23.3 Å². The number of aromatic nitrogens is 2.